The van der Waals surface area contributed by atoms with Crippen LogP contribution in [0, 0.1) is 0 Å². The number of primary sulfonamides is 1. The third-order valence-corrected chi connectivity index (χ3v) is 5.13. The standard InChI is InChI=1S/C17H21N3O3S2/c1-20(11-13-6-8-15(24-2)9-7-13)12-17(21)19-14-4-3-5-16(10-14)25(18,22)23/h3-10H,11-12H2,1-2H3,(H,19,21)(H2,18,22,23). The van der Waals surface area contributed by atoms with Crippen molar-refractivity contribution in [2.24, 2.45) is 5.14 Å². The first-order chi connectivity index (χ1) is 11.8. The number of nitrogens with zero attached hydrogens (tertiary/aromatic N) is 1. The molecule has 2 aromatic carbocycles. The Bertz CT molecular complexity index is 836. The van der Waals surface area contributed by atoms with E-state index in [0.29, 0.717) is 12.2 Å². The predicted molar refractivity (Wildman–Crippen MR) is 101 cm³/mol. The van der Waals surface area contributed by atoms with Crippen LogP contribution in [-0.4, -0.2) is 39.1 Å². The first-order valence-electron chi connectivity index (χ1n) is 7.52. The lowest BCUT2D eigenvalue weighted by molar-refractivity contribution is -0.117. The normalized spacial score (nSPS) is 11.5. The van der Waals surface area contributed by atoms with Crippen LogP contribution in [0.2, 0.25) is 0 Å². The summed E-state index contributed by atoms with van der Waals surface area (Å²) in [5.41, 5.74) is 1.51. The van der Waals surface area contributed by atoms with Crippen LogP contribution in [0.15, 0.2) is 58.3 Å². The second-order valence-corrected chi connectivity index (χ2v) is 8.08. The molecule has 0 bridgehead atoms. The van der Waals surface area contributed by atoms with Crippen LogP contribution >= 0.6 is 11.8 Å². The molecule has 0 saturated carbocycles. The van der Waals surface area contributed by atoms with E-state index < -0.39 is 10.0 Å². The SMILES string of the molecule is CSc1ccc(CN(C)CC(=O)Nc2cccc(S(N)(=O)=O)c2)cc1. The van der Waals surface area contributed by atoms with Crippen molar-refractivity contribution in [3.8, 4) is 0 Å². The second-order valence-electron chi connectivity index (χ2n) is 5.64. The number of hydrogen-bond donors (Lipinski definition) is 2. The lowest BCUT2D eigenvalue weighted by Crippen LogP contribution is -2.29. The molecule has 0 atom stereocenters. The lowest BCUT2D eigenvalue weighted by atomic mass is 10.2. The highest BCUT2D eigenvalue weighted by Gasteiger charge is 2.11. The van der Waals surface area contributed by atoms with Crippen molar-refractivity contribution in [1.29, 1.82) is 0 Å². The highest BCUT2D eigenvalue weighted by atomic mass is 32.2. The average molecular weight is 380 g/mol. The van der Waals surface area contributed by atoms with Crippen LogP contribution in [0.4, 0.5) is 5.69 Å². The molecular weight excluding hydrogens is 358 g/mol. The summed E-state index contributed by atoms with van der Waals surface area (Å²) in [5, 5.41) is 7.78. The Morgan fingerprint density at radius 2 is 1.88 bits per heavy atom. The van der Waals surface area contributed by atoms with E-state index in [4.69, 9.17) is 5.14 Å². The average Bonchev–Trinajstić information content (AvgIpc) is 2.54. The molecule has 0 radical (unpaired) electrons. The van der Waals surface area contributed by atoms with E-state index in [1.807, 2.05) is 42.5 Å². The number of carbonyl (C=O) groups is 1. The van der Waals surface area contributed by atoms with Gasteiger partial charge in [-0.25, -0.2) is 13.6 Å². The molecule has 6 nitrogen and oxygen atoms in total. The van der Waals surface area contributed by atoms with Crippen LogP contribution in [-0.2, 0) is 21.4 Å². The Hall–Kier alpha value is -1.87. The van der Waals surface area contributed by atoms with Crippen LogP contribution < -0.4 is 10.5 Å². The van der Waals surface area contributed by atoms with Crippen LogP contribution in [0.3, 0.4) is 0 Å². The number of hydrogen-bond acceptors (Lipinski definition) is 5. The summed E-state index contributed by atoms with van der Waals surface area (Å²) in [6, 6.07) is 14.1. The van der Waals surface area contributed by atoms with Crippen molar-refractivity contribution in [1.82, 2.24) is 4.90 Å². The van der Waals surface area contributed by atoms with Crippen LogP contribution in [0.1, 0.15) is 5.56 Å². The molecule has 0 spiro atoms. The summed E-state index contributed by atoms with van der Waals surface area (Å²) in [4.78, 5) is 15.2. The Morgan fingerprint density at radius 1 is 1.20 bits per heavy atom. The molecule has 0 aliphatic rings. The monoisotopic (exact) mass is 379 g/mol. The van der Waals surface area contributed by atoms with E-state index in [-0.39, 0.29) is 17.3 Å². The maximum Gasteiger partial charge on any atom is 0.238 e. The van der Waals surface area contributed by atoms with E-state index >= 15 is 0 Å². The summed E-state index contributed by atoms with van der Waals surface area (Å²) in [5.74, 6) is -0.227. The minimum absolute atomic E-state index is 0.0347. The third kappa shape index (κ3) is 6.17. The molecule has 0 fully saturated rings. The molecule has 25 heavy (non-hydrogen) atoms. The Labute approximate surface area is 152 Å². The van der Waals surface area contributed by atoms with Gasteiger partial charge in [-0.05, 0) is 49.2 Å². The topological polar surface area (TPSA) is 92.5 Å². The predicted octanol–water partition coefficient (Wildman–Crippen LogP) is 2.13. The van der Waals surface area contributed by atoms with Crippen molar-refractivity contribution >= 4 is 33.4 Å². The number of rotatable bonds is 7. The van der Waals surface area contributed by atoms with Gasteiger partial charge in [-0.3, -0.25) is 9.69 Å². The van der Waals surface area contributed by atoms with Crippen molar-refractivity contribution in [3.05, 3.63) is 54.1 Å². The first kappa shape index (κ1) is 19.5. The third-order valence-electron chi connectivity index (χ3n) is 3.47. The summed E-state index contributed by atoms with van der Waals surface area (Å²) in [7, 11) is -1.94. The van der Waals surface area contributed by atoms with Gasteiger partial charge in [0.15, 0.2) is 0 Å². The van der Waals surface area contributed by atoms with Crippen LogP contribution in [0.5, 0.6) is 0 Å². The van der Waals surface area contributed by atoms with Gasteiger partial charge in [0.25, 0.3) is 0 Å². The fraction of sp³-hybridized carbons (Fsp3) is 0.235. The highest BCUT2D eigenvalue weighted by molar-refractivity contribution is 7.98. The number of thioether (sulfide) groups is 1. The molecule has 2 rings (SSSR count). The Kier molecular flexibility index (Phi) is 6.60. The van der Waals surface area contributed by atoms with Crippen molar-refractivity contribution in [2.75, 3.05) is 25.2 Å². The molecule has 0 aliphatic heterocycles. The number of likely N-dealkylation sites (N-methyl/N-ethyl adjacent to an activating group) is 1. The smallest absolute Gasteiger partial charge is 0.238 e. The Balaban J connectivity index is 1.93. The van der Waals surface area contributed by atoms with Gasteiger partial charge >= 0.3 is 0 Å². The molecular formula is C17H21N3O3S2. The quantitative estimate of drug-likeness (QED) is 0.719. The van der Waals surface area contributed by atoms with E-state index in [2.05, 4.69) is 5.32 Å². The van der Waals surface area contributed by atoms with Gasteiger partial charge in [-0.15, -0.1) is 11.8 Å². The Morgan fingerprint density at radius 3 is 2.48 bits per heavy atom. The molecule has 8 heteroatoms. The zero-order valence-corrected chi connectivity index (χ0v) is 15.7. The zero-order valence-electron chi connectivity index (χ0n) is 14.1. The van der Waals surface area contributed by atoms with Gasteiger partial charge in [0.2, 0.25) is 15.9 Å². The molecule has 0 heterocycles. The minimum atomic E-state index is -3.79. The zero-order chi connectivity index (χ0) is 18.4. The van der Waals surface area contributed by atoms with Gasteiger partial charge in [0, 0.05) is 17.1 Å². The second kappa shape index (κ2) is 8.48. The molecule has 1 amide bonds. The molecule has 0 saturated heterocycles. The molecule has 0 unspecified atom stereocenters. The summed E-state index contributed by atoms with van der Waals surface area (Å²) in [6.07, 6.45) is 2.02. The van der Waals surface area contributed by atoms with Crippen LogP contribution in [0.25, 0.3) is 0 Å². The molecule has 2 aromatic rings. The van der Waals surface area contributed by atoms with Crippen molar-refractivity contribution < 1.29 is 13.2 Å². The maximum absolute atomic E-state index is 12.1. The fourth-order valence-corrected chi connectivity index (χ4v) is 3.26. The molecule has 0 aromatic heterocycles. The number of nitrogens with two attached hydrogens (primary N) is 1. The molecule has 134 valence electrons. The van der Waals surface area contributed by atoms with E-state index in [1.165, 1.54) is 23.1 Å². The number of sulfonamides is 1. The largest absolute Gasteiger partial charge is 0.325 e. The van der Waals surface area contributed by atoms with E-state index in [1.54, 1.807) is 17.8 Å². The lowest BCUT2D eigenvalue weighted by Gasteiger charge is -2.16. The molecule has 0 aliphatic carbocycles. The van der Waals surface area contributed by atoms with Crippen molar-refractivity contribution in [2.45, 2.75) is 16.3 Å². The number of amides is 1. The first-order valence-corrected chi connectivity index (χ1v) is 10.3. The van der Waals surface area contributed by atoms with Gasteiger partial charge in [0.05, 0.1) is 11.4 Å². The van der Waals surface area contributed by atoms with Gasteiger partial charge in [0.1, 0.15) is 0 Å². The van der Waals surface area contributed by atoms with E-state index in [0.717, 1.165) is 5.56 Å². The summed E-state index contributed by atoms with van der Waals surface area (Å²) < 4.78 is 22.7. The summed E-state index contributed by atoms with van der Waals surface area (Å²) >= 11 is 1.68. The van der Waals surface area contributed by atoms with E-state index in [9.17, 15) is 13.2 Å². The number of anilines is 1. The van der Waals surface area contributed by atoms with Gasteiger partial charge in [-0.2, -0.15) is 0 Å². The van der Waals surface area contributed by atoms with Gasteiger partial charge in [-0.1, -0.05) is 18.2 Å². The number of nitrogens with one attached hydrogen (secondary N) is 1. The number of benzene rings is 2. The minimum Gasteiger partial charge on any atom is -0.325 e. The maximum atomic E-state index is 12.1. The molecule has 3 N–H and O–H groups in total. The summed E-state index contributed by atoms with van der Waals surface area (Å²) in [6.45, 7) is 0.823. The number of carbonyl (C=O) groups excluding carboxylic acids is 1. The van der Waals surface area contributed by atoms with Crippen molar-refractivity contribution in [3.63, 3.8) is 0 Å². The van der Waals surface area contributed by atoms with Gasteiger partial charge < -0.3 is 5.32 Å². The highest BCUT2D eigenvalue weighted by Crippen LogP contribution is 2.16. The fourth-order valence-electron chi connectivity index (χ4n) is 2.30.